The van der Waals surface area contributed by atoms with Crippen molar-refractivity contribution in [3.63, 3.8) is 0 Å². The Bertz CT molecular complexity index is 1070. The summed E-state index contributed by atoms with van der Waals surface area (Å²) in [6.45, 7) is 8.15. The molecular weight excluding hydrogens is 414 g/mol. The molecule has 31 heavy (non-hydrogen) atoms. The van der Waals surface area contributed by atoms with Gasteiger partial charge in [-0.25, -0.2) is 4.68 Å². The first-order valence-corrected chi connectivity index (χ1v) is 11.2. The summed E-state index contributed by atoms with van der Waals surface area (Å²) in [6, 6.07) is 11.5. The maximum absolute atomic E-state index is 12.8. The van der Waals surface area contributed by atoms with Crippen LogP contribution in [0.5, 0.6) is 11.5 Å². The summed E-state index contributed by atoms with van der Waals surface area (Å²) in [4.78, 5) is 14.6. The molecule has 0 aliphatic carbocycles. The first-order chi connectivity index (χ1) is 15.0. The smallest absolute Gasteiger partial charge is 0.233 e. The third-order valence-electron chi connectivity index (χ3n) is 4.91. The number of nitrogens with zero attached hydrogens (tertiary/aromatic N) is 5. The normalized spacial score (nSPS) is 12.6. The Morgan fingerprint density at radius 1 is 1.10 bits per heavy atom. The summed E-state index contributed by atoms with van der Waals surface area (Å²) >= 11 is 1.38. The van der Waals surface area contributed by atoms with Gasteiger partial charge in [0.25, 0.3) is 0 Å². The van der Waals surface area contributed by atoms with Crippen LogP contribution in [-0.2, 0) is 11.3 Å². The van der Waals surface area contributed by atoms with E-state index in [9.17, 15) is 4.79 Å². The van der Waals surface area contributed by atoms with Gasteiger partial charge in [0.1, 0.15) is 18.2 Å². The largest absolute Gasteiger partial charge is 0.486 e. The fourth-order valence-corrected chi connectivity index (χ4v) is 4.09. The summed E-state index contributed by atoms with van der Waals surface area (Å²) in [5, 5.41) is 13.6. The molecule has 0 spiro atoms. The van der Waals surface area contributed by atoms with Gasteiger partial charge in [0.2, 0.25) is 5.91 Å². The molecular formula is C22H25N5O3S. The fraction of sp³-hybridized carbons (Fsp3) is 0.364. The molecule has 1 amide bonds. The van der Waals surface area contributed by atoms with Gasteiger partial charge in [-0.3, -0.25) is 4.79 Å². The van der Waals surface area contributed by atoms with Crippen molar-refractivity contribution in [3.05, 3.63) is 53.3 Å². The van der Waals surface area contributed by atoms with Gasteiger partial charge in [0.15, 0.2) is 17.3 Å². The quantitative estimate of drug-likeness (QED) is 0.523. The van der Waals surface area contributed by atoms with Crippen molar-refractivity contribution in [1.29, 1.82) is 0 Å². The monoisotopic (exact) mass is 439 g/mol. The molecule has 1 aliphatic rings. The number of thioether (sulfide) groups is 1. The first kappa shape index (κ1) is 21.2. The lowest BCUT2D eigenvalue weighted by Crippen LogP contribution is -2.31. The minimum atomic E-state index is 0.0480. The molecule has 1 aliphatic heterocycles. The van der Waals surface area contributed by atoms with E-state index < -0.39 is 0 Å². The summed E-state index contributed by atoms with van der Waals surface area (Å²) in [5.74, 6) is 2.50. The van der Waals surface area contributed by atoms with Gasteiger partial charge >= 0.3 is 0 Å². The molecule has 0 saturated carbocycles. The Morgan fingerprint density at radius 3 is 2.58 bits per heavy atom. The molecule has 2 aromatic heterocycles. The predicted octanol–water partition coefficient (Wildman–Crippen LogP) is 3.19. The van der Waals surface area contributed by atoms with Gasteiger partial charge in [-0.05, 0) is 56.7 Å². The van der Waals surface area contributed by atoms with Crippen LogP contribution in [0.15, 0.2) is 41.4 Å². The van der Waals surface area contributed by atoms with Crippen LogP contribution in [0.3, 0.4) is 0 Å². The number of benzene rings is 1. The minimum absolute atomic E-state index is 0.0480. The van der Waals surface area contributed by atoms with E-state index in [1.165, 1.54) is 11.8 Å². The Labute approximate surface area is 185 Å². The standard InChI is InChI=1S/C22H25N5O3S/c1-4-26(13-17-5-6-18-19(12-17)30-10-9-29-18)22(28)14-31-21-8-7-20(23-24-21)27-16(3)11-15(2)25-27/h5-8,11-12H,4,9-10,13-14H2,1-3H3. The number of carbonyl (C=O) groups is 1. The van der Waals surface area contributed by atoms with Crippen LogP contribution in [0.2, 0.25) is 0 Å². The van der Waals surface area contributed by atoms with Crippen LogP contribution in [0.25, 0.3) is 5.82 Å². The summed E-state index contributed by atoms with van der Waals surface area (Å²) in [6.07, 6.45) is 0. The Balaban J connectivity index is 1.35. The topological polar surface area (TPSA) is 82.4 Å². The van der Waals surface area contributed by atoms with E-state index >= 15 is 0 Å². The molecule has 3 aromatic rings. The highest BCUT2D eigenvalue weighted by molar-refractivity contribution is 7.99. The van der Waals surface area contributed by atoms with Gasteiger partial charge in [0, 0.05) is 18.8 Å². The highest BCUT2D eigenvalue weighted by Crippen LogP contribution is 2.31. The van der Waals surface area contributed by atoms with Gasteiger partial charge in [-0.2, -0.15) is 5.10 Å². The lowest BCUT2D eigenvalue weighted by molar-refractivity contribution is -0.128. The first-order valence-electron chi connectivity index (χ1n) is 10.2. The SMILES string of the molecule is CCN(Cc1ccc2c(c1)OCCO2)C(=O)CSc1ccc(-n2nc(C)cc2C)nn1. The second kappa shape index (κ2) is 9.38. The third-order valence-corrected chi connectivity index (χ3v) is 5.82. The van der Waals surface area contributed by atoms with E-state index in [1.54, 1.807) is 4.68 Å². The van der Waals surface area contributed by atoms with E-state index in [-0.39, 0.29) is 5.91 Å². The van der Waals surface area contributed by atoms with Crippen LogP contribution in [0.1, 0.15) is 23.9 Å². The summed E-state index contributed by atoms with van der Waals surface area (Å²) in [5.41, 5.74) is 2.94. The van der Waals surface area contributed by atoms with Crippen molar-refractivity contribution >= 4 is 17.7 Å². The van der Waals surface area contributed by atoms with Crippen molar-refractivity contribution in [2.45, 2.75) is 32.3 Å². The number of aromatic nitrogens is 4. The van der Waals surface area contributed by atoms with Crippen molar-refractivity contribution in [2.75, 3.05) is 25.5 Å². The average molecular weight is 440 g/mol. The molecule has 0 radical (unpaired) electrons. The number of rotatable bonds is 7. The average Bonchev–Trinajstić information content (AvgIpc) is 3.13. The number of fused-ring (bicyclic) bond motifs is 1. The van der Waals surface area contributed by atoms with Crippen LogP contribution in [0, 0.1) is 13.8 Å². The van der Waals surface area contributed by atoms with Gasteiger partial charge in [-0.1, -0.05) is 17.8 Å². The summed E-state index contributed by atoms with van der Waals surface area (Å²) < 4.78 is 13.0. The maximum atomic E-state index is 12.8. The molecule has 0 bridgehead atoms. The highest BCUT2D eigenvalue weighted by Gasteiger charge is 2.16. The number of hydrogen-bond donors (Lipinski definition) is 0. The van der Waals surface area contributed by atoms with Crippen molar-refractivity contribution < 1.29 is 14.3 Å². The molecule has 9 heteroatoms. The van der Waals surface area contributed by atoms with E-state index in [2.05, 4.69) is 15.3 Å². The third kappa shape index (κ3) is 4.99. The second-order valence-electron chi connectivity index (χ2n) is 7.24. The molecule has 0 saturated heterocycles. The zero-order valence-corrected chi connectivity index (χ0v) is 18.7. The molecule has 0 N–H and O–H groups in total. The van der Waals surface area contributed by atoms with E-state index in [1.807, 2.05) is 62.1 Å². The predicted molar refractivity (Wildman–Crippen MR) is 118 cm³/mol. The molecule has 0 atom stereocenters. The molecule has 0 unspecified atom stereocenters. The van der Waals surface area contributed by atoms with Gasteiger partial charge < -0.3 is 14.4 Å². The molecule has 162 valence electrons. The number of ether oxygens (including phenoxy) is 2. The van der Waals surface area contributed by atoms with E-state index in [0.29, 0.717) is 42.9 Å². The summed E-state index contributed by atoms with van der Waals surface area (Å²) in [7, 11) is 0. The Hall–Kier alpha value is -3.07. The van der Waals surface area contributed by atoms with Crippen LogP contribution in [-0.4, -0.2) is 56.3 Å². The zero-order chi connectivity index (χ0) is 21.8. The fourth-order valence-electron chi connectivity index (χ4n) is 3.37. The number of amides is 1. The lowest BCUT2D eigenvalue weighted by atomic mass is 10.2. The molecule has 8 nitrogen and oxygen atoms in total. The number of carbonyl (C=O) groups excluding carboxylic acids is 1. The zero-order valence-electron chi connectivity index (χ0n) is 17.9. The van der Waals surface area contributed by atoms with Crippen LogP contribution < -0.4 is 9.47 Å². The van der Waals surface area contributed by atoms with Crippen molar-refractivity contribution in [2.24, 2.45) is 0 Å². The van der Waals surface area contributed by atoms with Gasteiger partial charge in [0.05, 0.1) is 11.4 Å². The highest BCUT2D eigenvalue weighted by atomic mass is 32.2. The minimum Gasteiger partial charge on any atom is -0.486 e. The number of aryl methyl sites for hydroxylation is 2. The van der Waals surface area contributed by atoms with Crippen LogP contribution in [0.4, 0.5) is 0 Å². The molecule has 1 aromatic carbocycles. The van der Waals surface area contributed by atoms with Crippen molar-refractivity contribution in [1.82, 2.24) is 24.9 Å². The maximum Gasteiger partial charge on any atom is 0.233 e. The van der Waals surface area contributed by atoms with Crippen LogP contribution >= 0.6 is 11.8 Å². The lowest BCUT2D eigenvalue weighted by Gasteiger charge is -2.23. The van der Waals surface area contributed by atoms with Crippen molar-refractivity contribution in [3.8, 4) is 17.3 Å². The number of hydrogen-bond acceptors (Lipinski definition) is 7. The molecule has 4 rings (SSSR count). The molecule has 3 heterocycles. The molecule has 0 fully saturated rings. The van der Waals surface area contributed by atoms with E-state index in [4.69, 9.17) is 9.47 Å². The Kier molecular flexibility index (Phi) is 6.41. The second-order valence-corrected chi connectivity index (χ2v) is 8.24. The van der Waals surface area contributed by atoms with E-state index in [0.717, 1.165) is 28.5 Å². The van der Waals surface area contributed by atoms with Gasteiger partial charge in [-0.15, -0.1) is 10.2 Å². The Morgan fingerprint density at radius 2 is 1.90 bits per heavy atom.